The van der Waals surface area contributed by atoms with E-state index in [1.54, 1.807) is 7.11 Å². The number of alkyl halides is 3. The fourth-order valence-electron chi connectivity index (χ4n) is 2.16. The third kappa shape index (κ3) is 5.97. The van der Waals surface area contributed by atoms with Crippen molar-refractivity contribution in [3.05, 3.63) is 24.3 Å². The van der Waals surface area contributed by atoms with E-state index in [2.05, 4.69) is 15.0 Å². The van der Waals surface area contributed by atoms with Crippen molar-refractivity contribution in [1.29, 1.82) is 0 Å². The van der Waals surface area contributed by atoms with E-state index in [0.717, 1.165) is 19.3 Å². The predicted molar refractivity (Wildman–Crippen MR) is 81.4 cm³/mol. The number of nitrogens with two attached hydrogens (primary N) is 1. The molecule has 3 N–H and O–H groups in total. The Morgan fingerprint density at radius 2 is 1.96 bits per heavy atom. The van der Waals surface area contributed by atoms with Gasteiger partial charge in [0.2, 0.25) is 0 Å². The molecular weight excluding hydrogens is 311 g/mol. The molecule has 0 bridgehead atoms. The van der Waals surface area contributed by atoms with Crippen LogP contribution in [0.5, 0.6) is 5.75 Å². The van der Waals surface area contributed by atoms with E-state index in [1.165, 1.54) is 24.3 Å². The quantitative estimate of drug-likeness (QED) is 0.595. The maximum absolute atomic E-state index is 12.1. The number of halogens is 3. The first-order valence-corrected chi connectivity index (χ1v) is 7.24. The van der Waals surface area contributed by atoms with Gasteiger partial charge in [-0.05, 0) is 48.9 Å². The maximum atomic E-state index is 12.1. The van der Waals surface area contributed by atoms with E-state index < -0.39 is 6.36 Å². The lowest BCUT2D eigenvalue weighted by Gasteiger charge is -2.13. The predicted octanol–water partition coefficient (Wildman–Crippen LogP) is 3.13. The second-order valence-electron chi connectivity index (χ2n) is 5.64. The summed E-state index contributed by atoms with van der Waals surface area (Å²) in [5, 5.41) is 2.85. The second-order valence-corrected chi connectivity index (χ2v) is 5.64. The third-order valence-corrected chi connectivity index (χ3v) is 3.74. The number of ether oxygens (including phenoxy) is 2. The Kier molecular flexibility index (Phi) is 5.35. The highest BCUT2D eigenvalue weighted by Gasteiger charge is 2.41. The first kappa shape index (κ1) is 17.4. The van der Waals surface area contributed by atoms with Crippen molar-refractivity contribution in [2.75, 3.05) is 25.6 Å². The van der Waals surface area contributed by atoms with Crippen LogP contribution in [0.4, 0.5) is 18.9 Å². The summed E-state index contributed by atoms with van der Waals surface area (Å²) in [7, 11) is 1.67. The highest BCUT2D eigenvalue weighted by atomic mass is 19.4. The smallest absolute Gasteiger partial charge is 0.406 e. The molecule has 8 heteroatoms. The van der Waals surface area contributed by atoms with Gasteiger partial charge in [0.05, 0.1) is 0 Å². The molecule has 0 aliphatic heterocycles. The molecule has 0 heterocycles. The number of hydrogen-bond acceptors (Lipinski definition) is 3. The van der Waals surface area contributed by atoms with Crippen molar-refractivity contribution in [1.82, 2.24) is 0 Å². The van der Waals surface area contributed by atoms with Crippen molar-refractivity contribution in [2.24, 2.45) is 16.1 Å². The Morgan fingerprint density at radius 3 is 2.48 bits per heavy atom. The molecule has 5 nitrogen and oxygen atoms in total. The Morgan fingerprint density at radius 1 is 1.30 bits per heavy atom. The van der Waals surface area contributed by atoms with Crippen LogP contribution in [-0.4, -0.2) is 32.6 Å². The first-order valence-electron chi connectivity index (χ1n) is 7.24. The summed E-state index contributed by atoms with van der Waals surface area (Å²) in [6.07, 6.45) is -1.53. The summed E-state index contributed by atoms with van der Waals surface area (Å²) in [6, 6.07) is 5.32. The maximum Gasteiger partial charge on any atom is 0.573 e. The molecule has 2 rings (SSSR count). The van der Waals surface area contributed by atoms with Gasteiger partial charge >= 0.3 is 6.36 Å². The highest BCUT2D eigenvalue weighted by Crippen LogP contribution is 2.48. The summed E-state index contributed by atoms with van der Waals surface area (Å²) < 4.78 is 45.1. The van der Waals surface area contributed by atoms with E-state index in [0.29, 0.717) is 18.8 Å². The lowest BCUT2D eigenvalue weighted by atomic mass is 10.0. The van der Waals surface area contributed by atoms with Crippen LogP contribution in [0, 0.1) is 5.41 Å². The van der Waals surface area contributed by atoms with Gasteiger partial charge in [-0.3, -0.25) is 4.99 Å². The second kappa shape index (κ2) is 7.08. The van der Waals surface area contributed by atoms with E-state index >= 15 is 0 Å². The minimum Gasteiger partial charge on any atom is -0.406 e. The Balaban J connectivity index is 1.85. The Bertz CT molecular complexity index is 540. The van der Waals surface area contributed by atoms with Gasteiger partial charge in [-0.2, -0.15) is 0 Å². The van der Waals surface area contributed by atoms with Gasteiger partial charge in [0, 0.05) is 25.9 Å². The first-order chi connectivity index (χ1) is 10.8. The number of anilines is 1. The molecule has 1 aliphatic rings. The summed E-state index contributed by atoms with van der Waals surface area (Å²) >= 11 is 0. The van der Waals surface area contributed by atoms with Gasteiger partial charge in [-0.25, -0.2) is 0 Å². The minimum absolute atomic E-state index is 0.187. The molecule has 23 heavy (non-hydrogen) atoms. The average molecular weight is 331 g/mol. The number of aliphatic imine (C=N–C) groups is 1. The van der Waals surface area contributed by atoms with Gasteiger partial charge < -0.3 is 20.5 Å². The van der Waals surface area contributed by atoms with E-state index in [4.69, 9.17) is 10.5 Å². The number of methoxy groups -OCH3 is 1. The van der Waals surface area contributed by atoms with Gasteiger partial charge in [0.1, 0.15) is 5.75 Å². The van der Waals surface area contributed by atoms with Crippen LogP contribution in [0.15, 0.2) is 29.3 Å². The zero-order chi connectivity index (χ0) is 16.9. The van der Waals surface area contributed by atoms with Crippen LogP contribution < -0.4 is 15.8 Å². The van der Waals surface area contributed by atoms with Crippen LogP contribution in [-0.2, 0) is 4.74 Å². The van der Waals surface area contributed by atoms with Gasteiger partial charge in [0.15, 0.2) is 5.96 Å². The Labute approximate surface area is 132 Å². The molecule has 0 radical (unpaired) electrons. The zero-order valence-corrected chi connectivity index (χ0v) is 12.8. The summed E-state index contributed by atoms with van der Waals surface area (Å²) in [5.74, 6) is -0.0479. The molecule has 1 aliphatic carbocycles. The van der Waals surface area contributed by atoms with E-state index in [1.807, 2.05) is 0 Å². The van der Waals surface area contributed by atoms with E-state index in [9.17, 15) is 13.2 Å². The lowest BCUT2D eigenvalue weighted by molar-refractivity contribution is -0.274. The molecule has 0 atom stereocenters. The largest absolute Gasteiger partial charge is 0.573 e. The number of nitrogens with one attached hydrogen (secondary N) is 1. The fourth-order valence-corrected chi connectivity index (χ4v) is 2.16. The van der Waals surface area contributed by atoms with Crippen LogP contribution >= 0.6 is 0 Å². The number of nitrogens with zero attached hydrogens (tertiary/aromatic N) is 1. The monoisotopic (exact) mass is 331 g/mol. The normalized spacial score (nSPS) is 17.0. The molecule has 1 aromatic carbocycles. The Hall–Kier alpha value is -1.96. The SMILES string of the molecule is COCCC1(CN=C(N)Nc2ccc(OC(F)(F)F)cc2)CC1. The van der Waals surface area contributed by atoms with Crippen molar-refractivity contribution in [3.63, 3.8) is 0 Å². The number of benzene rings is 1. The standard InChI is InChI=1S/C15H20F3N3O2/c1-22-9-8-14(6-7-14)10-20-13(19)21-11-2-4-12(5-3-11)23-15(16,17)18/h2-5H,6-10H2,1H3,(H3,19,20,21). The zero-order valence-electron chi connectivity index (χ0n) is 12.8. The average Bonchev–Trinajstić information content (AvgIpc) is 3.24. The molecule has 0 aromatic heterocycles. The number of hydrogen-bond donors (Lipinski definition) is 2. The highest BCUT2D eigenvalue weighted by molar-refractivity contribution is 5.92. The van der Waals surface area contributed by atoms with Crippen LogP contribution in [0.1, 0.15) is 19.3 Å². The molecule has 0 amide bonds. The lowest BCUT2D eigenvalue weighted by Crippen LogP contribution is -2.24. The summed E-state index contributed by atoms with van der Waals surface area (Å²) in [4.78, 5) is 4.30. The van der Waals surface area contributed by atoms with Gasteiger partial charge in [-0.15, -0.1) is 13.2 Å². The summed E-state index contributed by atoms with van der Waals surface area (Å²) in [5.41, 5.74) is 6.54. The molecule has 128 valence electrons. The van der Waals surface area contributed by atoms with Crippen molar-refractivity contribution < 1.29 is 22.6 Å². The molecule has 0 unspecified atom stereocenters. The van der Waals surface area contributed by atoms with Gasteiger partial charge in [-0.1, -0.05) is 0 Å². The fraction of sp³-hybridized carbons (Fsp3) is 0.533. The molecule has 1 aromatic rings. The molecule has 1 saturated carbocycles. The molecule has 1 fully saturated rings. The van der Waals surface area contributed by atoms with Crippen molar-refractivity contribution >= 4 is 11.6 Å². The van der Waals surface area contributed by atoms with Gasteiger partial charge in [0.25, 0.3) is 0 Å². The topological polar surface area (TPSA) is 68.9 Å². The van der Waals surface area contributed by atoms with Crippen LogP contribution in [0.3, 0.4) is 0 Å². The summed E-state index contributed by atoms with van der Waals surface area (Å²) in [6.45, 7) is 1.31. The molecular formula is C15H20F3N3O2. The molecule has 0 saturated heterocycles. The van der Waals surface area contributed by atoms with Crippen LogP contribution in [0.25, 0.3) is 0 Å². The number of rotatable bonds is 7. The van der Waals surface area contributed by atoms with Crippen molar-refractivity contribution in [3.8, 4) is 5.75 Å². The third-order valence-electron chi connectivity index (χ3n) is 3.74. The molecule has 0 spiro atoms. The number of guanidine groups is 1. The van der Waals surface area contributed by atoms with Crippen LogP contribution in [0.2, 0.25) is 0 Å². The van der Waals surface area contributed by atoms with E-state index in [-0.39, 0.29) is 17.1 Å². The minimum atomic E-state index is -4.70. The van der Waals surface area contributed by atoms with Crippen molar-refractivity contribution in [2.45, 2.75) is 25.6 Å².